The van der Waals surface area contributed by atoms with Gasteiger partial charge in [-0.25, -0.2) is 24.1 Å². The molecule has 0 saturated heterocycles. The van der Waals surface area contributed by atoms with Crippen LogP contribution in [0, 0.1) is 12.7 Å². The molecule has 9 heteroatoms. The van der Waals surface area contributed by atoms with E-state index in [1.807, 2.05) is 17.7 Å². The number of anilines is 2. The zero-order chi connectivity index (χ0) is 18.4. The third-order valence-electron chi connectivity index (χ3n) is 3.54. The fourth-order valence-corrected chi connectivity index (χ4v) is 2.27. The van der Waals surface area contributed by atoms with Gasteiger partial charge in [-0.3, -0.25) is 4.57 Å². The van der Waals surface area contributed by atoms with Crippen molar-refractivity contribution in [1.82, 2.24) is 24.8 Å². The number of hydrogen-bond donors (Lipinski definition) is 3. The molecule has 2 amide bonds. The minimum atomic E-state index is -0.365. The summed E-state index contributed by atoms with van der Waals surface area (Å²) in [5.74, 6) is 1.83. The Labute approximate surface area is 149 Å². The van der Waals surface area contributed by atoms with E-state index in [-0.39, 0.29) is 11.8 Å². The predicted octanol–water partition coefficient (Wildman–Crippen LogP) is 2.34. The quantitative estimate of drug-likeness (QED) is 0.590. The second-order valence-corrected chi connectivity index (χ2v) is 5.42. The van der Waals surface area contributed by atoms with Gasteiger partial charge in [0, 0.05) is 37.2 Å². The fourth-order valence-electron chi connectivity index (χ4n) is 2.27. The number of urea groups is 1. The van der Waals surface area contributed by atoms with Crippen LogP contribution < -0.4 is 16.0 Å². The van der Waals surface area contributed by atoms with Gasteiger partial charge < -0.3 is 16.0 Å². The summed E-state index contributed by atoms with van der Waals surface area (Å²) in [4.78, 5) is 24.3. The molecule has 0 unspecified atom stereocenters. The first-order chi connectivity index (χ1) is 12.6. The van der Waals surface area contributed by atoms with E-state index in [1.54, 1.807) is 12.3 Å². The number of aromatic nitrogens is 4. The summed E-state index contributed by atoms with van der Waals surface area (Å²) in [6.07, 6.45) is 4.99. The van der Waals surface area contributed by atoms with E-state index >= 15 is 0 Å². The maximum atomic E-state index is 12.8. The van der Waals surface area contributed by atoms with Gasteiger partial charge in [-0.05, 0) is 31.2 Å². The third kappa shape index (κ3) is 4.53. The summed E-state index contributed by atoms with van der Waals surface area (Å²) in [7, 11) is 0. The van der Waals surface area contributed by atoms with E-state index in [4.69, 9.17) is 0 Å². The number of carbonyl (C=O) groups excluding carboxylic acids is 1. The van der Waals surface area contributed by atoms with Crippen molar-refractivity contribution in [2.24, 2.45) is 0 Å². The largest absolute Gasteiger partial charge is 0.368 e. The Morgan fingerprint density at radius 3 is 2.69 bits per heavy atom. The van der Waals surface area contributed by atoms with Crippen LogP contribution in [0.4, 0.5) is 20.7 Å². The monoisotopic (exact) mass is 355 g/mol. The lowest BCUT2D eigenvalue weighted by molar-refractivity contribution is 0.252. The van der Waals surface area contributed by atoms with Gasteiger partial charge in [-0.1, -0.05) is 0 Å². The molecule has 0 radical (unpaired) electrons. The lowest BCUT2D eigenvalue weighted by Gasteiger charge is -2.10. The molecule has 0 atom stereocenters. The van der Waals surface area contributed by atoms with Crippen LogP contribution in [0.3, 0.4) is 0 Å². The molecule has 8 nitrogen and oxygen atoms in total. The van der Waals surface area contributed by atoms with Gasteiger partial charge in [0.15, 0.2) is 0 Å². The van der Waals surface area contributed by atoms with Gasteiger partial charge in [-0.15, -0.1) is 0 Å². The first-order valence-corrected chi connectivity index (χ1v) is 7.98. The molecule has 0 bridgehead atoms. The van der Waals surface area contributed by atoms with Crippen molar-refractivity contribution in [3.8, 4) is 5.82 Å². The molecule has 0 aliphatic heterocycles. The number of aryl methyl sites for hydroxylation is 1. The van der Waals surface area contributed by atoms with Crippen molar-refractivity contribution in [1.29, 1.82) is 0 Å². The number of nitrogens with zero attached hydrogens (tertiary/aromatic N) is 4. The number of carbonyl (C=O) groups is 1. The molecule has 2 aromatic heterocycles. The van der Waals surface area contributed by atoms with Crippen LogP contribution in [0.25, 0.3) is 5.82 Å². The van der Waals surface area contributed by atoms with Crippen molar-refractivity contribution < 1.29 is 9.18 Å². The normalized spacial score (nSPS) is 10.4. The van der Waals surface area contributed by atoms with Crippen LogP contribution in [0.15, 0.2) is 49.1 Å². The first-order valence-electron chi connectivity index (χ1n) is 7.98. The Morgan fingerprint density at radius 1 is 1.15 bits per heavy atom. The van der Waals surface area contributed by atoms with Gasteiger partial charge >= 0.3 is 6.03 Å². The third-order valence-corrected chi connectivity index (χ3v) is 3.54. The summed E-state index contributed by atoms with van der Waals surface area (Å²) in [6, 6.07) is 6.99. The Balaban J connectivity index is 1.46. The molecule has 0 aliphatic rings. The number of amides is 2. The van der Waals surface area contributed by atoms with E-state index in [9.17, 15) is 9.18 Å². The fraction of sp³-hybridized carbons (Fsp3) is 0.176. The minimum absolute atomic E-state index is 0.352. The SMILES string of the molecule is Cc1nccn1-c1cc(NCCNC(=O)Nc2ccc(F)cc2)ncn1. The number of benzene rings is 1. The summed E-state index contributed by atoms with van der Waals surface area (Å²) in [5, 5.41) is 8.44. The van der Waals surface area contributed by atoms with E-state index in [0.717, 1.165) is 5.82 Å². The topological polar surface area (TPSA) is 96.8 Å². The highest BCUT2D eigenvalue weighted by atomic mass is 19.1. The molecule has 0 saturated carbocycles. The number of hydrogen-bond acceptors (Lipinski definition) is 5. The molecule has 134 valence electrons. The average molecular weight is 355 g/mol. The van der Waals surface area contributed by atoms with E-state index in [0.29, 0.717) is 30.4 Å². The van der Waals surface area contributed by atoms with Crippen LogP contribution in [-0.2, 0) is 0 Å². The zero-order valence-electron chi connectivity index (χ0n) is 14.1. The minimum Gasteiger partial charge on any atom is -0.368 e. The van der Waals surface area contributed by atoms with Gasteiger partial charge in [0.05, 0.1) is 0 Å². The maximum Gasteiger partial charge on any atom is 0.319 e. The Bertz CT molecular complexity index is 879. The Hall–Kier alpha value is -3.49. The van der Waals surface area contributed by atoms with Crippen molar-refractivity contribution in [3.63, 3.8) is 0 Å². The highest BCUT2D eigenvalue weighted by molar-refractivity contribution is 5.89. The van der Waals surface area contributed by atoms with Crippen molar-refractivity contribution in [3.05, 3.63) is 60.7 Å². The van der Waals surface area contributed by atoms with Crippen LogP contribution in [0.2, 0.25) is 0 Å². The van der Waals surface area contributed by atoms with Crippen molar-refractivity contribution >= 4 is 17.5 Å². The lowest BCUT2D eigenvalue weighted by atomic mass is 10.3. The van der Waals surface area contributed by atoms with Gasteiger partial charge in [-0.2, -0.15) is 0 Å². The van der Waals surface area contributed by atoms with Crippen LogP contribution in [-0.4, -0.2) is 38.6 Å². The number of nitrogens with one attached hydrogen (secondary N) is 3. The highest BCUT2D eigenvalue weighted by Crippen LogP contribution is 2.10. The average Bonchev–Trinajstić information content (AvgIpc) is 3.07. The molecule has 0 spiro atoms. The molecular formula is C17H18FN7O. The molecular weight excluding hydrogens is 337 g/mol. The molecule has 26 heavy (non-hydrogen) atoms. The lowest BCUT2D eigenvalue weighted by Crippen LogP contribution is -2.32. The zero-order valence-corrected chi connectivity index (χ0v) is 14.1. The van der Waals surface area contributed by atoms with Gasteiger partial charge in [0.1, 0.15) is 29.6 Å². The Kier molecular flexibility index (Phi) is 5.37. The summed E-state index contributed by atoms with van der Waals surface area (Å²) >= 11 is 0. The molecule has 1 aromatic carbocycles. The summed E-state index contributed by atoms with van der Waals surface area (Å²) < 4.78 is 14.7. The van der Waals surface area contributed by atoms with Crippen molar-refractivity contribution in [2.45, 2.75) is 6.92 Å². The number of halogens is 1. The summed E-state index contributed by atoms with van der Waals surface area (Å²) in [5.41, 5.74) is 0.521. The second-order valence-electron chi connectivity index (χ2n) is 5.42. The maximum absolute atomic E-state index is 12.8. The number of imidazole rings is 1. The molecule has 0 aliphatic carbocycles. The van der Waals surface area contributed by atoms with Crippen LogP contribution >= 0.6 is 0 Å². The van der Waals surface area contributed by atoms with E-state index in [2.05, 4.69) is 30.9 Å². The molecule has 2 heterocycles. The molecule has 3 rings (SSSR count). The van der Waals surface area contributed by atoms with Crippen LogP contribution in [0.1, 0.15) is 5.82 Å². The van der Waals surface area contributed by atoms with Gasteiger partial charge in [0.25, 0.3) is 0 Å². The second kappa shape index (κ2) is 8.06. The van der Waals surface area contributed by atoms with Crippen molar-refractivity contribution in [2.75, 3.05) is 23.7 Å². The smallest absolute Gasteiger partial charge is 0.319 e. The molecule has 3 N–H and O–H groups in total. The highest BCUT2D eigenvalue weighted by Gasteiger charge is 2.04. The predicted molar refractivity (Wildman–Crippen MR) is 95.8 cm³/mol. The standard InChI is InChI=1S/C17H18FN7O/c1-12-19-8-9-25(12)16-10-15(22-11-23-16)20-6-7-21-17(26)24-14-4-2-13(18)3-5-14/h2-5,8-11H,6-7H2,1H3,(H,20,22,23)(H2,21,24,26). The summed E-state index contributed by atoms with van der Waals surface area (Å²) in [6.45, 7) is 2.76. The van der Waals surface area contributed by atoms with Crippen LogP contribution in [0.5, 0.6) is 0 Å². The molecule has 3 aromatic rings. The Morgan fingerprint density at radius 2 is 1.96 bits per heavy atom. The van der Waals surface area contributed by atoms with Gasteiger partial charge in [0.2, 0.25) is 0 Å². The van der Waals surface area contributed by atoms with E-state index < -0.39 is 0 Å². The number of rotatable bonds is 6. The molecule has 0 fully saturated rings. The van der Waals surface area contributed by atoms with E-state index in [1.165, 1.54) is 30.6 Å². The first kappa shape index (κ1) is 17.3.